The third-order valence-corrected chi connectivity index (χ3v) is 9.15. The molecule has 0 radical (unpaired) electrons. The molecule has 4 heteroatoms. The van der Waals surface area contributed by atoms with E-state index in [1.165, 1.54) is 10.8 Å². The second kappa shape index (κ2) is 9.62. The number of para-hydroxylation sites is 2. The summed E-state index contributed by atoms with van der Waals surface area (Å²) in [6, 6.07) is 52.7. The molecule has 0 saturated heterocycles. The van der Waals surface area contributed by atoms with Crippen molar-refractivity contribution < 1.29 is 4.42 Å². The zero-order valence-electron chi connectivity index (χ0n) is 24.7. The first kappa shape index (κ1) is 25.1. The summed E-state index contributed by atoms with van der Waals surface area (Å²) in [5, 5.41) is 6.92. The van der Waals surface area contributed by atoms with E-state index < -0.39 is 0 Å². The van der Waals surface area contributed by atoms with E-state index in [2.05, 4.69) is 126 Å². The van der Waals surface area contributed by atoms with Crippen LogP contribution in [0, 0.1) is 0 Å². The zero-order valence-corrected chi connectivity index (χ0v) is 24.7. The van der Waals surface area contributed by atoms with Gasteiger partial charge in [0.05, 0.1) is 33.5 Å². The molecule has 0 aliphatic heterocycles. The second-order valence-corrected chi connectivity index (χ2v) is 11.7. The Hall–Kier alpha value is -6.26. The van der Waals surface area contributed by atoms with E-state index in [0.29, 0.717) is 0 Å². The summed E-state index contributed by atoms with van der Waals surface area (Å²) >= 11 is 0. The Kier molecular flexibility index (Phi) is 5.25. The summed E-state index contributed by atoms with van der Waals surface area (Å²) in [5.41, 5.74) is 10.7. The highest BCUT2D eigenvalue weighted by molar-refractivity contribution is 6.36. The minimum Gasteiger partial charge on any atom is -0.455 e. The third kappa shape index (κ3) is 3.55. The predicted molar refractivity (Wildman–Crippen MR) is 190 cm³/mol. The van der Waals surface area contributed by atoms with Crippen molar-refractivity contribution in [2.24, 2.45) is 0 Å². The molecule has 46 heavy (non-hydrogen) atoms. The smallest absolute Gasteiger partial charge is 0.144 e. The largest absolute Gasteiger partial charge is 0.455 e. The van der Waals surface area contributed by atoms with Gasteiger partial charge in [-0.15, -0.1) is 0 Å². The number of rotatable bonds is 3. The molecule has 4 nitrogen and oxygen atoms in total. The maximum absolute atomic E-state index is 6.57. The van der Waals surface area contributed by atoms with Crippen molar-refractivity contribution in [3.8, 4) is 28.2 Å². The summed E-state index contributed by atoms with van der Waals surface area (Å²) in [6.07, 6.45) is 0. The van der Waals surface area contributed by atoms with Crippen LogP contribution in [-0.4, -0.2) is 14.5 Å². The van der Waals surface area contributed by atoms with E-state index in [1.54, 1.807) is 0 Å². The normalized spacial score (nSPS) is 11.9. The van der Waals surface area contributed by atoms with E-state index in [4.69, 9.17) is 14.4 Å². The van der Waals surface area contributed by atoms with Gasteiger partial charge in [-0.25, -0.2) is 9.97 Å². The summed E-state index contributed by atoms with van der Waals surface area (Å²) < 4.78 is 8.96. The second-order valence-electron chi connectivity index (χ2n) is 11.7. The fourth-order valence-electron chi connectivity index (χ4n) is 7.16. The lowest BCUT2D eigenvalue weighted by atomic mass is 9.99. The lowest BCUT2D eigenvalue weighted by Crippen LogP contribution is -1.98. The number of furan rings is 1. The highest BCUT2D eigenvalue weighted by Gasteiger charge is 2.23. The van der Waals surface area contributed by atoms with Crippen molar-refractivity contribution in [3.63, 3.8) is 0 Å². The molecular formula is C42H25N3O. The van der Waals surface area contributed by atoms with Gasteiger partial charge in [-0.3, -0.25) is 0 Å². The van der Waals surface area contributed by atoms with E-state index in [1.807, 2.05) is 30.3 Å². The Morgan fingerprint density at radius 1 is 0.457 bits per heavy atom. The van der Waals surface area contributed by atoms with Gasteiger partial charge in [0.15, 0.2) is 0 Å². The van der Waals surface area contributed by atoms with Crippen LogP contribution in [0.4, 0.5) is 0 Å². The Morgan fingerprint density at radius 2 is 1.04 bits per heavy atom. The summed E-state index contributed by atoms with van der Waals surface area (Å²) in [6.45, 7) is 0. The minimum atomic E-state index is 0.848. The Labute approximate surface area is 263 Å². The first-order valence-electron chi connectivity index (χ1n) is 15.5. The van der Waals surface area contributed by atoms with Crippen molar-refractivity contribution >= 4 is 65.6 Å². The van der Waals surface area contributed by atoms with Gasteiger partial charge < -0.3 is 8.98 Å². The fourth-order valence-corrected chi connectivity index (χ4v) is 7.16. The molecule has 0 unspecified atom stereocenters. The summed E-state index contributed by atoms with van der Waals surface area (Å²) in [4.78, 5) is 10.5. The van der Waals surface area contributed by atoms with E-state index >= 15 is 0 Å². The first-order valence-corrected chi connectivity index (χ1v) is 15.5. The molecule has 3 heterocycles. The zero-order chi connectivity index (χ0) is 30.2. The molecule has 10 aromatic rings. The first-order chi connectivity index (χ1) is 22.8. The SMILES string of the molecule is c1ccc(-c2nc3ccc(-n4c5ccccc5c5c6c7ccccc7oc6c6ccccc6c54)cc3nc2-c2ccccc2)cc1. The number of hydrogen-bond donors (Lipinski definition) is 0. The van der Waals surface area contributed by atoms with Crippen LogP contribution in [0.1, 0.15) is 0 Å². The van der Waals surface area contributed by atoms with Crippen LogP contribution in [0.2, 0.25) is 0 Å². The molecule has 0 fully saturated rings. The van der Waals surface area contributed by atoms with E-state index in [0.717, 1.165) is 83.0 Å². The van der Waals surface area contributed by atoms with E-state index in [9.17, 15) is 0 Å². The van der Waals surface area contributed by atoms with Crippen molar-refractivity contribution in [2.45, 2.75) is 0 Å². The number of benzene rings is 7. The molecule has 10 rings (SSSR count). The van der Waals surface area contributed by atoms with Crippen LogP contribution < -0.4 is 0 Å². The molecule has 0 saturated carbocycles. The molecule has 0 aliphatic carbocycles. The van der Waals surface area contributed by atoms with Crippen LogP contribution in [-0.2, 0) is 0 Å². The quantitative estimate of drug-likeness (QED) is 0.207. The van der Waals surface area contributed by atoms with Crippen LogP contribution in [0.5, 0.6) is 0 Å². The number of aromatic nitrogens is 3. The maximum Gasteiger partial charge on any atom is 0.144 e. The van der Waals surface area contributed by atoms with Gasteiger partial charge in [0, 0.05) is 49.1 Å². The van der Waals surface area contributed by atoms with Crippen LogP contribution in [0.3, 0.4) is 0 Å². The van der Waals surface area contributed by atoms with Crippen molar-refractivity contribution in [2.75, 3.05) is 0 Å². The highest BCUT2D eigenvalue weighted by Crippen LogP contribution is 2.46. The van der Waals surface area contributed by atoms with Crippen molar-refractivity contribution in [1.29, 1.82) is 0 Å². The van der Waals surface area contributed by atoms with Gasteiger partial charge in [-0.05, 0) is 30.3 Å². The Bertz CT molecular complexity index is 2790. The summed E-state index contributed by atoms with van der Waals surface area (Å²) in [5.74, 6) is 0. The van der Waals surface area contributed by atoms with Gasteiger partial charge in [-0.2, -0.15) is 0 Å². The molecule has 0 bridgehead atoms. The molecule has 0 aliphatic rings. The van der Waals surface area contributed by atoms with Crippen LogP contribution >= 0.6 is 0 Å². The lowest BCUT2D eigenvalue weighted by Gasteiger charge is -2.13. The number of nitrogens with zero attached hydrogens (tertiary/aromatic N) is 3. The maximum atomic E-state index is 6.57. The Morgan fingerprint density at radius 3 is 1.78 bits per heavy atom. The number of hydrogen-bond acceptors (Lipinski definition) is 3. The van der Waals surface area contributed by atoms with Crippen molar-refractivity contribution in [1.82, 2.24) is 14.5 Å². The van der Waals surface area contributed by atoms with Gasteiger partial charge in [0.1, 0.15) is 11.2 Å². The van der Waals surface area contributed by atoms with Crippen molar-refractivity contribution in [3.05, 3.63) is 152 Å². The predicted octanol–water partition coefficient (Wildman–Crippen LogP) is 11.1. The van der Waals surface area contributed by atoms with Gasteiger partial charge in [-0.1, -0.05) is 121 Å². The Balaban J connectivity index is 1.33. The van der Waals surface area contributed by atoms with Crippen LogP contribution in [0.25, 0.3) is 93.8 Å². The molecule has 214 valence electrons. The number of fused-ring (bicyclic) bond motifs is 11. The van der Waals surface area contributed by atoms with Gasteiger partial charge >= 0.3 is 0 Å². The van der Waals surface area contributed by atoms with Gasteiger partial charge in [0.25, 0.3) is 0 Å². The molecule has 0 spiro atoms. The molecule has 0 atom stereocenters. The summed E-state index contributed by atoms with van der Waals surface area (Å²) in [7, 11) is 0. The highest BCUT2D eigenvalue weighted by atomic mass is 16.3. The molecule has 3 aromatic heterocycles. The monoisotopic (exact) mass is 587 g/mol. The van der Waals surface area contributed by atoms with E-state index in [-0.39, 0.29) is 0 Å². The standard InChI is InChI=1S/C42H25N3O/c1-3-13-26(14-4-1)39-40(27-15-5-2-6-16-27)44-34-25-28(23-24-33(34)43-39)45-35-21-11-9-19-31(35)37-38-32-20-10-12-22-36(32)46-42(38)30-18-8-7-17-29(30)41(37)45/h1-25H. The fraction of sp³-hybridized carbons (Fsp3) is 0. The molecular weight excluding hydrogens is 562 g/mol. The lowest BCUT2D eigenvalue weighted by molar-refractivity contribution is 0.673. The molecule has 7 aromatic carbocycles. The van der Waals surface area contributed by atoms with Gasteiger partial charge in [0.2, 0.25) is 0 Å². The van der Waals surface area contributed by atoms with Crippen LogP contribution in [0.15, 0.2) is 156 Å². The topological polar surface area (TPSA) is 43.9 Å². The average molecular weight is 588 g/mol. The molecule has 0 amide bonds. The third-order valence-electron chi connectivity index (χ3n) is 9.15. The average Bonchev–Trinajstić information content (AvgIpc) is 3.68. The molecule has 0 N–H and O–H groups in total. The minimum absolute atomic E-state index is 0.848.